The van der Waals surface area contributed by atoms with Crippen molar-refractivity contribution in [2.24, 2.45) is 0 Å². The van der Waals surface area contributed by atoms with Gasteiger partial charge in [-0.2, -0.15) is 0 Å². The molecule has 0 radical (unpaired) electrons. The largest absolute Gasteiger partial charge is 0.309 e. The summed E-state index contributed by atoms with van der Waals surface area (Å²) in [4.78, 5) is 72.6. The Morgan fingerprint density at radius 2 is 1.43 bits per heavy atom. The first kappa shape index (κ1) is 29.5. The third kappa shape index (κ3) is 5.06. The van der Waals surface area contributed by atoms with Crippen molar-refractivity contribution >= 4 is 111 Å². The van der Waals surface area contributed by atoms with Crippen LogP contribution < -0.4 is 20.9 Å². The SMILES string of the molecule is O=C1CSc2ccc(-c3nccc4c3SC(c3nc5c(cc3Cl)SCC(=O)N5)C(=O)N4c3nc4c(cc3F)SCC(=O)N4)nc2N1. The molecule has 18 heteroatoms. The second-order valence-electron chi connectivity index (χ2n) is 10.1. The summed E-state index contributed by atoms with van der Waals surface area (Å²) >= 11 is 11.6. The van der Waals surface area contributed by atoms with E-state index in [1.807, 2.05) is 6.07 Å². The molecule has 0 aromatic carbocycles. The number of pyridine rings is 4. The highest BCUT2D eigenvalue weighted by Crippen LogP contribution is 2.53. The first-order valence-corrected chi connectivity index (χ1v) is 17.6. The molecule has 3 N–H and O–H groups in total. The zero-order valence-corrected chi connectivity index (χ0v) is 26.9. The molecule has 0 aliphatic carbocycles. The lowest BCUT2D eigenvalue weighted by Gasteiger charge is -2.34. The van der Waals surface area contributed by atoms with Gasteiger partial charge in [0.2, 0.25) is 17.7 Å². The molecule has 4 aromatic rings. The number of nitrogens with one attached hydrogen (secondary N) is 3. The van der Waals surface area contributed by atoms with Gasteiger partial charge < -0.3 is 16.0 Å². The molecule has 0 spiro atoms. The van der Waals surface area contributed by atoms with Crippen LogP contribution in [0.3, 0.4) is 0 Å². The van der Waals surface area contributed by atoms with Gasteiger partial charge in [-0.05, 0) is 30.3 Å². The quantitative estimate of drug-likeness (QED) is 0.250. The van der Waals surface area contributed by atoms with E-state index in [9.17, 15) is 19.2 Å². The van der Waals surface area contributed by atoms with Crippen molar-refractivity contribution in [3.05, 3.63) is 53.1 Å². The van der Waals surface area contributed by atoms with E-state index in [0.29, 0.717) is 31.9 Å². The van der Waals surface area contributed by atoms with Gasteiger partial charge in [-0.3, -0.25) is 29.1 Å². The number of anilines is 5. The molecule has 46 heavy (non-hydrogen) atoms. The van der Waals surface area contributed by atoms with Crippen molar-refractivity contribution in [2.75, 3.05) is 38.1 Å². The van der Waals surface area contributed by atoms with Crippen molar-refractivity contribution in [3.63, 3.8) is 0 Å². The van der Waals surface area contributed by atoms with Crippen LogP contribution in [0, 0.1) is 5.82 Å². The molecule has 0 saturated heterocycles. The number of nitrogens with zero attached hydrogens (tertiary/aromatic N) is 5. The lowest BCUT2D eigenvalue weighted by molar-refractivity contribution is -0.118. The molecule has 12 nitrogen and oxygen atoms in total. The van der Waals surface area contributed by atoms with Gasteiger partial charge in [0.25, 0.3) is 5.91 Å². The van der Waals surface area contributed by atoms with Crippen molar-refractivity contribution < 1.29 is 23.6 Å². The fraction of sp³-hybridized carbons (Fsp3) is 0.143. The predicted molar refractivity (Wildman–Crippen MR) is 175 cm³/mol. The molecular weight excluding hydrogens is 695 g/mol. The van der Waals surface area contributed by atoms with Crippen LogP contribution in [0.1, 0.15) is 10.9 Å². The van der Waals surface area contributed by atoms with Crippen molar-refractivity contribution in [1.29, 1.82) is 0 Å². The highest BCUT2D eigenvalue weighted by atomic mass is 35.5. The zero-order valence-electron chi connectivity index (χ0n) is 22.9. The van der Waals surface area contributed by atoms with Crippen molar-refractivity contribution in [1.82, 2.24) is 19.9 Å². The van der Waals surface area contributed by atoms with Crippen LogP contribution in [0.5, 0.6) is 0 Å². The van der Waals surface area contributed by atoms with Crippen LogP contribution in [-0.4, -0.2) is 60.8 Å². The van der Waals surface area contributed by atoms with Gasteiger partial charge in [0.15, 0.2) is 11.6 Å². The van der Waals surface area contributed by atoms with Gasteiger partial charge >= 0.3 is 0 Å². The van der Waals surface area contributed by atoms with E-state index in [0.717, 1.165) is 33.3 Å². The molecule has 8 rings (SSSR count). The lowest BCUT2D eigenvalue weighted by Crippen LogP contribution is -2.36. The normalized spacial score (nSPS) is 18.5. The van der Waals surface area contributed by atoms with E-state index < -0.39 is 17.0 Å². The highest BCUT2D eigenvalue weighted by molar-refractivity contribution is 8.01. The van der Waals surface area contributed by atoms with Crippen LogP contribution in [0.2, 0.25) is 5.02 Å². The Balaban J connectivity index is 1.32. The average Bonchev–Trinajstić information content (AvgIpc) is 3.04. The fourth-order valence-electron chi connectivity index (χ4n) is 5.12. The van der Waals surface area contributed by atoms with Gasteiger partial charge in [0.05, 0.1) is 58.9 Å². The van der Waals surface area contributed by atoms with Gasteiger partial charge in [0, 0.05) is 6.20 Å². The monoisotopic (exact) mass is 710 g/mol. The number of carbonyl (C=O) groups excluding carboxylic acids is 4. The first-order valence-electron chi connectivity index (χ1n) is 13.4. The molecule has 0 saturated carbocycles. The number of halogens is 2. The Hall–Kier alpha value is -3.90. The molecule has 4 aliphatic heterocycles. The van der Waals surface area contributed by atoms with E-state index in [4.69, 9.17) is 11.6 Å². The maximum absolute atomic E-state index is 15.9. The molecule has 1 unspecified atom stereocenters. The first-order chi connectivity index (χ1) is 22.2. The maximum atomic E-state index is 15.9. The highest BCUT2D eigenvalue weighted by Gasteiger charge is 2.42. The number of amides is 4. The molecule has 4 aliphatic rings. The van der Waals surface area contributed by atoms with Gasteiger partial charge in [-0.25, -0.2) is 19.3 Å². The number of fused-ring (bicyclic) bond motifs is 4. The number of rotatable bonds is 3. The van der Waals surface area contributed by atoms with E-state index in [2.05, 4.69) is 35.9 Å². The minimum Gasteiger partial charge on any atom is -0.309 e. The summed E-state index contributed by atoms with van der Waals surface area (Å²) in [7, 11) is 0. The number of carbonyl (C=O) groups is 4. The van der Waals surface area contributed by atoms with Crippen LogP contribution in [0.4, 0.5) is 33.3 Å². The molecule has 8 heterocycles. The number of hydrogen-bond donors (Lipinski definition) is 3. The summed E-state index contributed by atoms with van der Waals surface area (Å²) in [5, 5.41) is 7.19. The Morgan fingerprint density at radius 1 is 0.804 bits per heavy atom. The minimum absolute atomic E-state index is 0.108. The Labute approximate surface area is 280 Å². The smallest absolute Gasteiger partial charge is 0.252 e. The van der Waals surface area contributed by atoms with Crippen LogP contribution in [0.25, 0.3) is 11.4 Å². The molecule has 230 valence electrons. The van der Waals surface area contributed by atoms with E-state index >= 15 is 4.39 Å². The van der Waals surface area contributed by atoms with Crippen LogP contribution in [-0.2, 0) is 19.2 Å². The zero-order chi connectivity index (χ0) is 31.7. The molecule has 0 fully saturated rings. The third-order valence-electron chi connectivity index (χ3n) is 7.11. The van der Waals surface area contributed by atoms with E-state index in [1.54, 1.807) is 18.2 Å². The van der Waals surface area contributed by atoms with Crippen molar-refractivity contribution in [2.45, 2.75) is 24.8 Å². The maximum Gasteiger partial charge on any atom is 0.252 e. The summed E-state index contributed by atoms with van der Waals surface area (Å²) in [5.74, 6) is -1.12. The summed E-state index contributed by atoms with van der Waals surface area (Å²) in [6, 6.07) is 8.00. The second kappa shape index (κ2) is 11.4. The van der Waals surface area contributed by atoms with Gasteiger partial charge in [0.1, 0.15) is 28.4 Å². The standard InChI is InChI=1S/C28H16ClFN8O4S4/c29-10-5-15-25(34-18(40)8-44-15)36-20(10)23-28(42)38(27-11(30)6-16-26(37-27)35-19(41)9-45-16)13-3-4-31-21(22(13)46-23)12-1-2-14-24(32-12)33-17(39)7-43-14/h1-6,23H,7-9H2,(H,32,33,39)(H,34,36,40)(H,35,37,41). The number of hydrogen-bond acceptors (Lipinski definition) is 12. The van der Waals surface area contributed by atoms with Crippen LogP contribution in [0.15, 0.2) is 56.1 Å². The third-order valence-corrected chi connectivity index (χ3v) is 11.8. The molecule has 0 bridgehead atoms. The molecule has 1 atom stereocenters. The summed E-state index contributed by atoms with van der Waals surface area (Å²) in [5.41, 5.74) is 1.17. The molecular formula is C28H16ClFN8O4S4. The Bertz CT molecular complexity index is 2070. The molecule has 4 amide bonds. The number of aromatic nitrogens is 4. The predicted octanol–water partition coefficient (Wildman–Crippen LogP) is 5.37. The lowest BCUT2D eigenvalue weighted by atomic mass is 10.1. The van der Waals surface area contributed by atoms with Gasteiger partial charge in [-0.15, -0.1) is 47.0 Å². The van der Waals surface area contributed by atoms with E-state index in [1.165, 1.54) is 35.8 Å². The molecule has 4 aromatic heterocycles. The topological polar surface area (TPSA) is 159 Å². The summed E-state index contributed by atoms with van der Waals surface area (Å²) in [6.07, 6.45) is 1.47. The average molecular weight is 711 g/mol. The Kier molecular flexibility index (Phi) is 7.32. The second-order valence-corrected chi connectivity index (χ2v) is 14.6. The van der Waals surface area contributed by atoms with Gasteiger partial charge in [-0.1, -0.05) is 11.6 Å². The Morgan fingerprint density at radius 3 is 2.15 bits per heavy atom. The summed E-state index contributed by atoms with van der Waals surface area (Å²) in [6.45, 7) is 0. The number of thioether (sulfide) groups is 4. The van der Waals surface area contributed by atoms with Crippen molar-refractivity contribution in [3.8, 4) is 11.4 Å². The van der Waals surface area contributed by atoms with E-state index in [-0.39, 0.29) is 68.8 Å². The van der Waals surface area contributed by atoms with Crippen LogP contribution >= 0.6 is 58.6 Å². The minimum atomic E-state index is -1.13. The fourth-order valence-corrected chi connectivity index (χ4v) is 9.12. The summed E-state index contributed by atoms with van der Waals surface area (Å²) < 4.78 is 15.9.